The largest absolute Gasteiger partial charge is 0.444 e. The molecule has 0 saturated heterocycles. The van der Waals surface area contributed by atoms with Gasteiger partial charge >= 0.3 is 6.09 Å². The molecule has 3 nitrogen and oxygen atoms in total. The van der Waals surface area contributed by atoms with E-state index >= 15 is 0 Å². The maximum atomic E-state index is 13.4. The molecular formula is C12H15F2NO2. The van der Waals surface area contributed by atoms with E-state index in [1.807, 2.05) is 0 Å². The van der Waals surface area contributed by atoms with E-state index in [9.17, 15) is 13.6 Å². The van der Waals surface area contributed by atoms with Crippen LogP contribution in [0.4, 0.5) is 19.3 Å². The van der Waals surface area contributed by atoms with E-state index < -0.39 is 29.0 Å². The smallest absolute Gasteiger partial charge is 0.412 e. The highest BCUT2D eigenvalue weighted by atomic mass is 19.1. The minimum absolute atomic E-state index is 0.440. The quantitative estimate of drug-likeness (QED) is 0.818. The molecule has 0 spiro atoms. The number of rotatable bonds is 1. The molecule has 0 aliphatic heterocycles. The Morgan fingerprint density at radius 1 is 1.24 bits per heavy atom. The lowest BCUT2D eigenvalue weighted by Crippen LogP contribution is -2.27. The summed E-state index contributed by atoms with van der Waals surface area (Å²) in [6.07, 6.45) is -0.890. The summed E-state index contributed by atoms with van der Waals surface area (Å²) in [4.78, 5) is 11.4. The Morgan fingerprint density at radius 3 is 2.12 bits per heavy atom. The molecule has 0 heterocycles. The number of anilines is 1. The van der Waals surface area contributed by atoms with Gasteiger partial charge in [-0.1, -0.05) is 0 Å². The molecule has 1 rings (SSSR count). The molecule has 0 radical (unpaired) electrons. The third-order valence-corrected chi connectivity index (χ3v) is 1.81. The first-order valence-electron chi connectivity index (χ1n) is 5.15. The predicted molar refractivity (Wildman–Crippen MR) is 61.0 cm³/mol. The predicted octanol–water partition coefficient (Wildman–Crippen LogP) is 3.62. The van der Waals surface area contributed by atoms with Gasteiger partial charge in [0.25, 0.3) is 0 Å². The molecule has 5 heteroatoms. The van der Waals surface area contributed by atoms with Crippen LogP contribution in [0.5, 0.6) is 0 Å². The van der Waals surface area contributed by atoms with Crippen molar-refractivity contribution in [2.75, 3.05) is 5.32 Å². The summed E-state index contributed by atoms with van der Waals surface area (Å²) in [5, 5.41) is 2.05. The van der Waals surface area contributed by atoms with Crippen LogP contribution in [0.25, 0.3) is 0 Å². The summed E-state index contributed by atoms with van der Waals surface area (Å²) in [7, 11) is 0. The zero-order valence-electron chi connectivity index (χ0n) is 10.2. The fourth-order valence-electron chi connectivity index (χ4n) is 1.22. The Balaban J connectivity index is 2.86. The van der Waals surface area contributed by atoms with Gasteiger partial charge in [0.05, 0.1) is 0 Å². The molecule has 0 fully saturated rings. The van der Waals surface area contributed by atoms with Crippen LogP contribution in [0, 0.1) is 18.6 Å². The minimum atomic E-state index is -0.890. The van der Waals surface area contributed by atoms with Crippen LogP contribution in [0.3, 0.4) is 0 Å². The zero-order chi connectivity index (χ0) is 13.2. The molecule has 0 aliphatic carbocycles. The average Bonchev–Trinajstić information content (AvgIpc) is 2.08. The summed E-state index contributed by atoms with van der Waals surface area (Å²) in [6, 6.07) is 2.27. The van der Waals surface area contributed by atoms with Crippen LogP contribution in [0.15, 0.2) is 12.1 Å². The Bertz CT molecular complexity index is 416. The number of benzene rings is 1. The van der Waals surface area contributed by atoms with E-state index in [4.69, 9.17) is 4.74 Å². The van der Waals surface area contributed by atoms with Crippen LogP contribution >= 0.6 is 0 Å². The minimum Gasteiger partial charge on any atom is -0.444 e. The fourth-order valence-corrected chi connectivity index (χ4v) is 1.22. The second-order valence-corrected chi connectivity index (χ2v) is 4.73. The van der Waals surface area contributed by atoms with Crippen molar-refractivity contribution in [3.8, 4) is 0 Å². The van der Waals surface area contributed by atoms with Crippen molar-refractivity contribution < 1.29 is 18.3 Å². The number of carbonyl (C=O) groups excluding carboxylic acids is 1. The van der Waals surface area contributed by atoms with Gasteiger partial charge in [-0.05, 0) is 45.4 Å². The molecule has 94 valence electrons. The van der Waals surface area contributed by atoms with Crippen LogP contribution in [-0.4, -0.2) is 11.7 Å². The van der Waals surface area contributed by atoms with Crippen molar-refractivity contribution in [1.29, 1.82) is 0 Å². The first kappa shape index (κ1) is 13.4. The number of hydrogen-bond acceptors (Lipinski definition) is 2. The van der Waals surface area contributed by atoms with Gasteiger partial charge < -0.3 is 4.74 Å². The highest BCUT2D eigenvalue weighted by Crippen LogP contribution is 2.21. The lowest BCUT2D eigenvalue weighted by Gasteiger charge is -2.20. The Kier molecular flexibility index (Phi) is 3.70. The van der Waals surface area contributed by atoms with Gasteiger partial charge in [-0.15, -0.1) is 0 Å². The molecule has 0 aromatic heterocycles. The van der Waals surface area contributed by atoms with Gasteiger partial charge in [-0.2, -0.15) is 0 Å². The van der Waals surface area contributed by atoms with E-state index in [-0.39, 0.29) is 0 Å². The third-order valence-electron chi connectivity index (χ3n) is 1.81. The number of hydrogen-bond donors (Lipinski definition) is 1. The lowest BCUT2D eigenvalue weighted by molar-refractivity contribution is 0.0634. The van der Waals surface area contributed by atoms with Gasteiger partial charge in [-0.3, -0.25) is 5.32 Å². The monoisotopic (exact) mass is 243 g/mol. The number of aryl methyl sites for hydroxylation is 1. The lowest BCUT2D eigenvalue weighted by atomic mass is 10.2. The van der Waals surface area contributed by atoms with E-state index in [0.717, 1.165) is 12.1 Å². The van der Waals surface area contributed by atoms with E-state index in [2.05, 4.69) is 5.32 Å². The molecule has 1 aromatic rings. The van der Waals surface area contributed by atoms with E-state index in [1.165, 1.54) is 0 Å². The SMILES string of the molecule is Cc1cc(F)c(NC(=O)OC(C)(C)C)c(F)c1. The topological polar surface area (TPSA) is 38.3 Å². The molecule has 0 aliphatic rings. The number of halogens is 2. The molecule has 0 saturated carbocycles. The summed E-state index contributed by atoms with van der Waals surface area (Å²) in [5.41, 5.74) is -0.776. The van der Waals surface area contributed by atoms with E-state index in [0.29, 0.717) is 5.56 Å². The van der Waals surface area contributed by atoms with Gasteiger partial charge in [0.15, 0.2) is 0 Å². The standard InChI is InChI=1S/C12H15F2NO2/c1-7-5-8(13)10(9(14)6-7)15-11(16)17-12(2,3)4/h5-6H,1-4H3,(H,15,16). The van der Waals surface area contributed by atoms with Gasteiger partial charge in [-0.25, -0.2) is 13.6 Å². The number of amides is 1. The van der Waals surface area contributed by atoms with Crippen molar-refractivity contribution in [2.45, 2.75) is 33.3 Å². The number of ether oxygens (including phenoxy) is 1. The second-order valence-electron chi connectivity index (χ2n) is 4.73. The first-order chi connectivity index (χ1) is 7.69. The molecule has 1 N–H and O–H groups in total. The van der Waals surface area contributed by atoms with Crippen molar-refractivity contribution >= 4 is 11.8 Å². The average molecular weight is 243 g/mol. The molecule has 0 atom stereocenters. The van der Waals surface area contributed by atoms with Gasteiger partial charge in [0.2, 0.25) is 0 Å². The molecule has 0 bridgehead atoms. The molecule has 17 heavy (non-hydrogen) atoms. The Morgan fingerprint density at radius 2 is 1.71 bits per heavy atom. The van der Waals surface area contributed by atoms with Crippen LogP contribution in [0.2, 0.25) is 0 Å². The Hall–Kier alpha value is -1.65. The number of carbonyl (C=O) groups is 1. The van der Waals surface area contributed by atoms with Crippen molar-refractivity contribution in [3.63, 3.8) is 0 Å². The van der Waals surface area contributed by atoms with Crippen molar-refractivity contribution in [3.05, 3.63) is 29.3 Å². The third kappa shape index (κ3) is 4.01. The molecular weight excluding hydrogens is 228 g/mol. The normalized spacial score (nSPS) is 11.2. The van der Waals surface area contributed by atoms with Gasteiger partial charge in [0.1, 0.15) is 22.9 Å². The maximum absolute atomic E-state index is 13.4. The second kappa shape index (κ2) is 4.69. The Labute approximate surface area is 98.8 Å². The molecule has 1 amide bonds. The summed E-state index contributed by atoms with van der Waals surface area (Å²) >= 11 is 0. The summed E-state index contributed by atoms with van der Waals surface area (Å²) in [5.74, 6) is -1.65. The van der Waals surface area contributed by atoms with Crippen LogP contribution < -0.4 is 5.32 Å². The highest BCUT2D eigenvalue weighted by Gasteiger charge is 2.19. The maximum Gasteiger partial charge on any atom is 0.412 e. The molecule has 1 aromatic carbocycles. The zero-order valence-corrected chi connectivity index (χ0v) is 10.2. The molecule has 0 unspecified atom stereocenters. The van der Waals surface area contributed by atoms with Crippen LogP contribution in [-0.2, 0) is 4.74 Å². The van der Waals surface area contributed by atoms with Gasteiger partial charge in [0, 0.05) is 0 Å². The summed E-state index contributed by atoms with van der Waals surface area (Å²) in [6.45, 7) is 6.54. The fraction of sp³-hybridized carbons (Fsp3) is 0.417. The van der Waals surface area contributed by atoms with E-state index in [1.54, 1.807) is 27.7 Å². The summed E-state index contributed by atoms with van der Waals surface area (Å²) < 4.78 is 31.7. The highest BCUT2D eigenvalue weighted by molar-refractivity contribution is 5.85. The van der Waals surface area contributed by atoms with Crippen molar-refractivity contribution in [1.82, 2.24) is 0 Å². The van der Waals surface area contributed by atoms with Crippen molar-refractivity contribution in [2.24, 2.45) is 0 Å². The number of nitrogens with one attached hydrogen (secondary N) is 1. The first-order valence-corrected chi connectivity index (χ1v) is 5.15. The van der Waals surface area contributed by atoms with Crippen LogP contribution in [0.1, 0.15) is 26.3 Å².